The largest absolute Gasteiger partial charge is 0.531 e. The molecule has 4 rings (SSSR count). The second-order valence-electron chi connectivity index (χ2n) is 16.7. The number of nitrogens with zero attached hydrogens (tertiary/aromatic N) is 2. The van der Waals surface area contributed by atoms with E-state index in [1.54, 1.807) is 90.1 Å². The number of esters is 1. The Labute approximate surface area is 361 Å². The number of nitrogens with one attached hydrogen (secondary N) is 1. The number of primary amides is 1. The van der Waals surface area contributed by atoms with Crippen LogP contribution >= 0.6 is 7.82 Å². The van der Waals surface area contributed by atoms with E-state index in [0.29, 0.717) is 16.7 Å². The summed E-state index contributed by atoms with van der Waals surface area (Å²) in [4.78, 5) is 59.7. The van der Waals surface area contributed by atoms with Crippen molar-refractivity contribution in [2.75, 3.05) is 11.6 Å². The van der Waals surface area contributed by atoms with Gasteiger partial charge in [0.2, 0.25) is 18.0 Å². The molecule has 3 aromatic rings. The minimum Gasteiger partial charge on any atom is -0.444 e. The number of hydrogen-bond donors (Lipinski definition) is 2. The van der Waals surface area contributed by atoms with E-state index in [-0.39, 0.29) is 23.6 Å². The number of nitrogens with two attached hydrogens (primary N) is 1. The number of halogens is 6. The first-order valence-corrected chi connectivity index (χ1v) is 21.3. The van der Waals surface area contributed by atoms with E-state index in [0.717, 1.165) is 4.90 Å². The summed E-state index contributed by atoms with van der Waals surface area (Å²) in [5.74, 6) is -7.95. The number of rotatable bonds is 18. The summed E-state index contributed by atoms with van der Waals surface area (Å²) in [6.45, 7) is 9.36. The molecule has 0 bridgehead atoms. The first-order valence-electron chi connectivity index (χ1n) is 19.8. The van der Waals surface area contributed by atoms with Crippen molar-refractivity contribution in [3.63, 3.8) is 0 Å². The van der Waals surface area contributed by atoms with Crippen LogP contribution in [0, 0.1) is 11.8 Å². The van der Waals surface area contributed by atoms with Crippen LogP contribution in [-0.4, -0.2) is 65.9 Å². The fourth-order valence-corrected chi connectivity index (χ4v) is 8.33. The number of benzene rings is 3. The van der Waals surface area contributed by atoms with Gasteiger partial charge in [0, 0.05) is 35.8 Å². The predicted molar refractivity (Wildman–Crippen MR) is 220 cm³/mol. The molecular weight excluding hydrogens is 861 g/mol. The molecule has 3 atom stereocenters. The lowest BCUT2D eigenvalue weighted by atomic mass is 9.83. The van der Waals surface area contributed by atoms with Crippen molar-refractivity contribution in [1.82, 2.24) is 5.32 Å². The van der Waals surface area contributed by atoms with E-state index in [2.05, 4.69) is 10.3 Å². The molecule has 0 aromatic heterocycles. The summed E-state index contributed by atoms with van der Waals surface area (Å²) in [6, 6.07) is 20.6. The topological polar surface area (TPSA) is 176 Å². The normalized spacial score (nSPS) is 16.0. The van der Waals surface area contributed by atoms with E-state index in [1.165, 1.54) is 30.3 Å². The number of para-hydroxylation sites is 1. The van der Waals surface area contributed by atoms with E-state index in [9.17, 15) is 50.1 Å². The molecule has 0 aliphatic carbocycles. The Morgan fingerprint density at radius 2 is 1.37 bits per heavy atom. The number of fused-ring (bicyclic) bond motifs is 1. The van der Waals surface area contributed by atoms with Crippen molar-refractivity contribution in [3.05, 3.63) is 95.6 Å². The number of anilines is 1. The van der Waals surface area contributed by atoms with Gasteiger partial charge in [0.15, 0.2) is 6.73 Å². The second-order valence-corrected chi connectivity index (χ2v) is 18.2. The van der Waals surface area contributed by atoms with E-state index in [4.69, 9.17) is 24.0 Å². The van der Waals surface area contributed by atoms with Crippen LogP contribution in [0.1, 0.15) is 90.3 Å². The van der Waals surface area contributed by atoms with E-state index in [1.807, 2.05) is 0 Å². The van der Waals surface area contributed by atoms with Gasteiger partial charge in [0.1, 0.15) is 5.75 Å². The number of alkyl halides is 6. The van der Waals surface area contributed by atoms with Crippen molar-refractivity contribution in [1.29, 1.82) is 0 Å². The molecule has 0 unspecified atom stereocenters. The molecule has 0 fully saturated rings. The molecule has 3 aromatic carbocycles. The van der Waals surface area contributed by atoms with Crippen LogP contribution in [0.3, 0.4) is 0 Å². The Morgan fingerprint density at radius 3 is 1.92 bits per heavy atom. The monoisotopic (exact) mass is 912 g/mol. The quantitative estimate of drug-likeness (QED) is 0.0717. The van der Waals surface area contributed by atoms with Crippen LogP contribution in [0.4, 0.5) is 32.0 Å². The molecule has 0 saturated heterocycles. The summed E-state index contributed by atoms with van der Waals surface area (Å²) < 4.78 is 115. The SMILES string of the molecule is CC(C)(C)OP(=O)(Oc1ccc(CC(=O)OCN2C(=O)[C@@H](NC(=O)[C@H](CCCC(F)(F)F)[C@H](CCC(F)(F)F)C(N)=O)N=C(c3ccccc3)c3ccccc32)cc1)OC(C)(C)C. The minimum absolute atomic E-state index is 0.114. The summed E-state index contributed by atoms with van der Waals surface area (Å²) in [5.41, 5.74) is 5.20. The lowest BCUT2D eigenvalue weighted by Gasteiger charge is -2.30. The maximum absolute atomic E-state index is 14.4. The third-order valence-electron chi connectivity index (χ3n) is 9.05. The molecule has 1 aliphatic rings. The Balaban J connectivity index is 1.62. The third-order valence-corrected chi connectivity index (χ3v) is 11.0. The Kier molecular flexibility index (Phi) is 16.4. The van der Waals surface area contributed by atoms with Crippen molar-refractivity contribution in [2.45, 2.75) is 110 Å². The van der Waals surface area contributed by atoms with Gasteiger partial charge in [-0.15, -0.1) is 0 Å². The van der Waals surface area contributed by atoms with Crippen molar-refractivity contribution in [2.24, 2.45) is 22.6 Å². The maximum Gasteiger partial charge on any atom is 0.531 e. The molecule has 3 N–H and O–H groups in total. The number of carbonyl (C=O) groups is 4. The Hall–Kier alpha value is -5.26. The van der Waals surface area contributed by atoms with Crippen LogP contribution < -0.4 is 20.5 Å². The highest BCUT2D eigenvalue weighted by Gasteiger charge is 2.41. The zero-order chi connectivity index (χ0) is 47.0. The number of hydrogen-bond acceptors (Lipinski definition) is 10. The molecule has 63 heavy (non-hydrogen) atoms. The molecule has 3 amide bonds. The highest BCUT2D eigenvalue weighted by atomic mass is 31.2. The van der Waals surface area contributed by atoms with Gasteiger partial charge in [0.05, 0.1) is 29.0 Å². The first kappa shape index (κ1) is 50.4. The van der Waals surface area contributed by atoms with Crippen LogP contribution in [0.2, 0.25) is 0 Å². The van der Waals surface area contributed by atoms with Gasteiger partial charge in [-0.3, -0.25) is 33.1 Å². The standard InChI is InChI=1S/C43H51F6N4O9P/c1-40(2,3)61-63(58,62-41(4,5)6)60-29-20-18-27(19-21-29)25-34(54)59-26-53-33-17-11-10-15-32(33)35(28-13-8-7-9-14-28)51-37(39(53)57)52-38(56)31(16-12-23-42(44,45)46)30(36(50)55)22-24-43(47,48)49/h7-11,13-15,17-21,30-31,37H,12,16,22-26H2,1-6H3,(H2,50,55)(H,52,56)/t30-,31+,37+/m0/s1. The fraction of sp³-hybridized carbons (Fsp3) is 0.465. The number of carbonyl (C=O) groups excluding carboxylic acids is 4. The lowest BCUT2D eigenvalue weighted by molar-refractivity contribution is -0.147. The van der Waals surface area contributed by atoms with E-state index >= 15 is 0 Å². The molecule has 1 aliphatic heterocycles. The molecule has 1 heterocycles. The van der Waals surface area contributed by atoms with Gasteiger partial charge in [-0.25, -0.2) is 9.56 Å². The van der Waals surface area contributed by atoms with Crippen LogP contribution in [0.25, 0.3) is 0 Å². The van der Waals surface area contributed by atoms with Gasteiger partial charge >= 0.3 is 26.1 Å². The highest BCUT2D eigenvalue weighted by Crippen LogP contribution is 2.55. The molecule has 0 spiro atoms. The fourth-order valence-electron chi connectivity index (χ4n) is 6.50. The summed E-state index contributed by atoms with van der Waals surface area (Å²) >= 11 is 0. The lowest BCUT2D eigenvalue weighted by Crippen LogP contribution is -2.51. The zero-order valence-electron chi connectivity index (χ0n) is 35.5. The predicted octanol–water partition coefficient (Wildman–Crippen LogP) is 8.97. The number of phosphoric acid groups is 1. The average Bonchev–Trinajstić information content (AvgIpc) is 3.25. The molecule has 0 radical (unpaired) electrons. The van der Waals surface area contributed by atoms with Gasteiger partial charge < -0.3 is 20.3 Å². The first-order chi connectivity index (χ1) is 29.1. The number of ether oxygens (including phenoxy) is 1. The molecule has 13 nitrogen and oxygen atoms in total. The summed E-state index contributed by atoms with van der Waals surface area (Å²) in [6.07, 6.45) is -17.1. The van der Waals surface area contributed by atoms with Gasteiger partial charge in [0.25, 0.3) is 5.91 Å². The van der Waals surface area contributed by atoms with E-state index < -0.39 is 112 Å². The maximum atomic E-state index is 14.4. The van der Waals surface area contributed by atoms with Crippen LogP contribution in [0.15, 0.2) is 83.9 Å². The summed E-state index contributed by atoms with van der Waals surface area (Å²) in [5, 5.41) is 2.35. The number of benzodiazepines with no additional fused rings is 1. The van der Waals surface area contributed by atoms with Gasteiger partial charge in [-0.05, 0) is 84.6 Å². The summed E-state index contributed by atoms with van der Waals surface area (Å²) in [7, 11) is -4.13. The molecular formula is C43H51F6N4O9P. The molecule has 20 heteroatoms. The highest BCUT2D eigenvalue weighted by molar-refractivity contribution is 7.49. The van der Waals surface area contributed by atoms with Crippen LogP contribution in [0.5, 0.6) is 5.75 Å². The average molecular weight is 913 g/mol. The number of amides is 3. The zero-order valence-corrected chi connectivity index (χ0v) is 36.4. The van der Waals surface area contributed by atoms with Gasteiger partial charge in [-0.1, -0.05) is 60.7 Å². The van der Waals surface area contributed by atoms with Crippen LogP contribution in [-0.2, 0) is 43.9 Å². The van der Waals surface area contributed by atoms with Gasteiger partial charge in [-0.2, -0.15) is 26.3 Å². The number of phosphoric ester groups is 1. The smallest absolute Gasteiger partial charge is 0.444 e. The Morgan fingerprint density at radius 1 is 0.794 bits per heavy atom. The minimum atomic E-state index is -4.79. The Bertz CT molecular complexity index is 2130. The van der Waals surface area contributed by atoms with Crippen molar-refractivity contribution in [3.8, 4) is 5.75 Å². The van der Waals surface area contributed by atoms with Crippen molar-refractivity contribution >= 4 is 42.9 Å². The molecule has 0 saturated carbocycles. The second kappa shape index (κ2) is 20.5. The number of aliphatic imine (C=N–C) groups is 1. The third kappa shape index (κ3) is 16.1. The molecule has 344 valence electrons. The van der Waals surface area contributed by atoms with Crippen molar-refractivity contribution < 1.29 is 68.4 Å².